The molecule has 0 aliphatic carbocycles. The third kappa shape index (κ3) is 5.72. The fourth-order valence-electron chi connectivity index (χ4n) is 2.53. The van der Waals surface area contributed by atoms with E-state index < -0.39 is 0 Å². The van der Waals surface area contributed by atoms with Gasteiger partial charge in [0.2, 0.25) is 0 Å². The van der Waals surface area contributed by atoms with Crippen LogP contribution in [0.3, 0.4) is 0 Å². The number of halogens is 1. The van der Waals surface area contributed by atoms with Crippen molar-refractivity contribution in [1.82, 2.24) is 15.3 Å². The average molecular weight is 372 g/mol. The van der Waals surface area contributed by atoms with E-state index in [2.05, 4.69) is 27.4 Å². The van der Waals surface area contributed by atoms with Gasteiger partial charge in [-0.05, 0) is 48.4 Å². The molecule has 136 valence electrons. The van der Waals surface area contributed by atoms with Gasteiger partial charge in [0, 0.05) is 18.9 Å². The third-order valence-electron chi connectivity index (χ3n) is 3.74. The molecule has 1 N–H and O–H groups in total. The zero-order valence-corrected chi connectivity index (χ0v) is 15.4. The van der Waals surface area contributed by atoms with E-state index in [0.717, 1.165) is 36.6 Å². The molecule has 0 aliphatic heterocycles. The first kappa shape index (κ1) is 19.7. The Morgan fingerprint density at radius 2 is 1.77 bits per heavy atom. The van der Waals surface area contributed by atoms with Gasteiger partial charge in [0.1, 0.15) is 11.5 Å². The molecule has 2 aromatic carbocycles. The Kier molecular flexibility index (Phi) is 7.86. The molecule has 0 bridgehead atoms. The van der Waals surface area contributed by atoms with E-state index in [1.54, 1.807) is 25.6 Å². The Labute approximate surface area is 159 Å². The van der Waals surface area contributed by atoms with Crippen molar-refractivity contribution in [1.29, 1.82) is 0 Å². The molecule has 0 radical (unpaired) electrons. The number of rotatable bonds is 8. The minimum Gasteiger partial charge on any atom is -0.496 e. The van der Waals surface area contributed by atoms with Gasteiger partial charge in [-0.25, -0.2) is 9.97 Å². The van der Waals surface area contributed by atoms with Crippen LogP contribution in [0.15, 0.2) is 67.0 Å². The molecule has 0 saturated carbocycles. The molecule has 1 heterocycles. The number of nitrogens with zero attached hydrogens (tertiary/aromatic N) is 2. The summed E-state index contributed by atoms with van der Waals surface area (Å²) in [5, 5.41) is 3.45. The standard InChI is InChI=1S/C20H21N3O2.ClH/c1-24-19-9-3-2-7-17(19)10-13-21-15-16-6-4-8-18(14-16)25-20-22-11-5-12-23-20;/h2-9,11-12,14,21H,10,13,15H2,1H3;1H. The molecule has 3 aromatic rings. The molecule has 0 amide bonds. The van der Waals surface area contributed by atoms with Crippen LogP contribution in [0.1, 0.15) is 11.1 Å². The summed E-state index contributed by atoms with van der Waals surface area (Å²) in [5.41, 5.74) is 2.35. The van der Waals surface area contributed by atoms with E-state index in [0.29, 0.717) is 6.01 Å². The summed E-state index contributed by atoms with van der Waals surface area (Å²) >= 11 is 0. The van der Waals surface area contributed by atoms with Gasteiger partial charge in [0.25, 0.3) is 0 Å². The van der Waals surface area contributed by atoms with E-state index in [1.807, 2.05) is 36.4 Å². The van der Waals surface area contributed by atoms with Crippen LogP contribution in [0.2, 0.25) is 0 Å². The normalized spacial score (nSPS) is 10.0. The molecule has 5 nitrogen and oxygen atoms in total. The summed E-state index contributed by atoms with van der Waals surface area (Å²) in [7, 11) is 1.70. The van der Waals surface area contributed by atoms with E-state index in [-0.39, 0.29) is 12.4 Å². The fraction of sp³-hybridized carbons (Fsp3) is 0.200. The van der Waals surface area contributed by atoms with Crippen LogP contribution in [0.5, 0.6) is 17.5 Å². The molecule has 1 aromatic heterocycles. The summed E-state index contributed by atoms with van der Waals surface area (Å²) in [4.78, 5) is 8.14. The van der Waals surface area contributed by atoms with Gasteiger partial charge in [0.15, 0.2) is 0 Å². The monoisotopic (exact) mass is 371 g/mol. The van der Waals surface area contributed by atoms with Crippen LogP contribution in [0.25, 0.3) is 0 Å². The van der Waals surface area contributed by atoms with E-state index in [9.17, 15) is 0 Å². The Hall–Kier alpha value is -2.63. The molecule has 0 spiro atoms. The highest BCUT2D eigenvalue weighted by Crippen LogP contribution is 2.19. The highest BCUT2D eigenvalue weighted by molar-refractivity contribution is 5.85. The van der Waals surface area contributed by atoms with Gasteiger partial charge >= 0.3 is 6.01 Å². The zero-order valence-electron chi connectivity index (χ0n) is 14.6. The Morgan fingerprint density at radius 3 is 2.58 bits per heavy atom. The van der Waals surface area contributed by atoms with Crippen LogP contribution in [0, 0.1) is 0 Å². The maximum absolute atomic E-state index is 5.66. The first-order valence-electron chi connectivity index (χ1n) is 8.21. The molecular weight excluding hydrogens is 350 g/mol. The highest BCUT2D eigenvalue weighted by Gasteiger charge is 2.03. The highest BCUT2D eigenvalue weighted by atomic mass is 35.5. The van der Waals surface area contributed by atoms with Gasteiger partial charge in [-0.2, -0.15) is 0 Å². The van der Waals surface area contributed by atoms with Gasteiger partial charge in [-0.1, -0.05) is 30.3 Å². The van der Waals surface area contributed by atoms with E-state index in [4.69, 9.17) is 9.47 Å². The van der Waals surface area contributed by atoms with Gasteiger partial charge in [-0.3, -0.25) is 0 Å². The Balaban J connectivity index is 0.00000243. The van der Waals surface area contributed by atoms with Crippen LogP contribution < -0.4 is 14.8 Å². The summed E-state index contributed by atoms with van der Waals surface area (Å²) < 4.78 is 11.0. The van der Waals surface area contributed by atoms with Crippen LogP contribution >= 0.6 is 12.4 Å². The summed E-state index contributed by atoms with van der Waals surface area (Å²) in [6, 6.07) is 18.1. The second-order valence-electron chi connectivity index (χ2n) is 5.52. The molecule has 0 saturated heterocycles. The number of ether oxygens (including phenoxy) is 2. The molecule has 3 rings (SSSR count). The minimum atomic E-state index is 0. The number of methoxy groups -OCH3 is 1. The molecule has 0 atom stereocenters. The predicted octanol–water partition coefficient (Wildman–Crippen LogP) is 4.03. The predicted molar refractivity (Wildman–Crippen MR) is 104 cm³/mol. The molecule has 26 heavy (non-hydrogen) atoms. The van der Waals surface area contributed by atoms with Crippen molar-refractivity contribution in [2.24, 2.45) is 0 Å². The lowest BCUT2D eigenvalue weighted by Crippen LogP contribution is -2.17. The van der Waals surface area contributed by atoms with Crippen LogP contribution in [0.4, 0.5) is 0 Å². The number of nitrogens with one attached hydrogen (secondary N) is 1. The molecule has 6 heteroatoms. The number of hydrogen-bond donors (Lipinski definition) is 1. The lowest BCUT2D eigenvalue weighted by atomic mass is 10.1. The average Bonchev–Trinajstić information content (AvgIpc) is 2.67. The summed E-state index contributed by atoms with van der Waals surface area (Å²) in [6.07, 6.45) is 4.23. The molecular formula is C20H22ClN3O2. The van der Waals surface area contributed by atoms with E-state index >= 15 is 0 Å². The first-order chi connectivity index (χ1) is 12.3. The first-order valence-corrected chi connectivity index (χ1v) is 8.21. The van der Waals surface area contributed by atoms with E-state index in [1.165, 1.54) is 5.56 Å². The van der Waals surface area contributed by atoms with Crippen LogP contribution in [-0.2, 0) is 13.0 Å². The van der Waals surface area contributed by atoms with Crippen molar-refractivity contribution in [3.05, 3.63) is 78.1 Å². The van der Waals surface area contributed by atoms with Gasteiger partial charge < -0.3 is 14.8 Å². The Morgan fingerprint density at radius 1 is 0.962 bits per heavy atom. The van der Waals surface area contributed by atoms with Crippen molar-refractivity contribution in [3.63, 3.8) is 0 Å². The largest absolute Gasteiger partial charge is 0.496 e. The SMILES string of the molecule is COc1ccccc1CCNCc1cccc(Oc2ncccn2)c1.Cl. The van der Waals surface area contributed by atoms with Crippen molar-refractivity contribution in [3.8, 4) is 17.5 Å². The topological polar surface area (TPSA) is 56.3 Å². The number of hydrogen-bond acceptors (Lipinski definition) is 5. The minimum absolute atomic E-state index is 0. The Bertz CT molecular complexity index is 800. The van der Waals surface area contributed by atoms with Crippen molar-refractivity contribution < 1.29 is 9.47 Å². The molecule has 0 unspecified atom stereocenters. The van der Waals surface area contributed by atoms with Crippen LogP contribution in [-0.4, -0.2) is 23.6 Å². The number of para-hydroxylation sites is 1. The lowest BCUT2D eigenvalue weighted by molar-refractivity contribution is 0.409. The zero-order chi connectivity index (χ0) is 17.3. The third-order valence-corrected chi connectivity index (χ3v) is 3.74. The lowest BCUT2D eigenvalue weighted by Gasteiger charge is -2.10. The smallest absolute Gasteiger partial charge is 0.321 e. The summed E-state index contributed by atoms with van der Waals surface area (Å²) in [6.45, 7) is 1.63. The maximum Gasteiger partial charge on any atom is 0.321 e. The second kappa shape index (κ2) is 10.4. The van der Waals surface area contributed by atoms with Crippen molar-refractivity contribution in [2.45, 2.75) is 13.0 Å². The van der Waals surface area contributed by atoms with Crippen molar-refractivity contribution in [2.75, 3.05) is 13.7 Å². The maximum atomic E-state index is 5.66. The second-order valence-corrected chi connectivity index (χ2v) is 5.52. The number of benzene rings is 2. The fourth-order valence-corrected chi connectivity index (χ4v) is 2.53. The van der Waals surface area contributed by atoms with Gasteiger partial charge in [0.05, 0.1) is 7.11 Å². The molecule has 0 fully saturated rings. The van der Waals surface area contributed by atoms with Crippen molar-refractivity contribution >= 4 is 12.4 Å². The molecule has 0 aliphatic rings. The number of aromatic nitrogens is 2. The van der Waals surface area contributed by atoms with Gasteiger partial charge in [-0.15, -0.1) is 12.4 Å². The summed E-state index contributed by atoms with van der Waals surface area (Å²) in [5.74, 6) is 1.66. The quantitative estimate of drug-likeness (QED) is 0.606.